The highest BCUT2D eigenvalue weighted by Crippen LogP contribution is 2.33. The molecule has 5 nitrogen and oxygen atoms in total. The van der Waals surface area contributed by atoms with Crippen LogP contribution in [-0.2, 0) is 27.8 Å². The number of nitrogens with zero attached hydrogens (tertiary/aromatic N) is 1. The third-order valence-corrected chi connectivity index (χ3v) is 8.07. The Bertz CT molecular complexity index is 988. The highest BCUT2D eigenvalue weighted by molar-refractivity contribution is 7.89. The highest BCUT2D eigenvalue weighted by atomic mass is 32.2. The average molecular weight is 443 g/mol. The summed E-state index contributed by atoms with van der Waals surface area (Å²) in [5.41, 5.74) is 2.83. The van der Waals surface area contributed by atoms with E-state index in [-0.39, 0.29) is 5.91 Å². The molecule has 0 unspecified atom stereocenters. The lowest BCUT2D eigenvalue weighted by Gasteiger charge is -2.37. The Hall–Kier alpha value is -2.18. The van der Waals surface area contributed by atoms with Crippen molar-refractivity contribution >= 4 is 15.9 Å². The van der Waals surface area contributed by atoms with E-state index in [1.165, 1.54) is 9.87 Å². The molecule has 3 rings (SSSR count). The van der Waals surface area contributed by atoms with Gasteiger partial charge in [-0.05, 0) is 55.4 Å². The van der Waals surface area contributed by atoms with Gasteiger partial charge in [-0.2, -0.15) is 4.31 Å². The zero-order valence-electron chi connectivity index (χ0n) is 19.0. The largest absolute Gasteiger partial charge is 0.352 e. The minimum absolute atomic E-state index is 0.0110. The molecule has 6 heteroatoms. The molecule has 1 aliphatic heterocycles. The van der Waals surface area contributed by atoms with Crippen LogP contribution in [-0.4, -0.2) is 31.7 Å². The van der Waals surface area contributed by atoms with Crippen molar-refractivity contribution in [2.24, 2.45) is 11.3 Å². The maximum Gasteiger partial charge on any atom is 0.243 e. The zero-order chi connectivity index (χ0) is 22.6. The van der Waals surface area contributed by atoms with Crippen molar-refractivity contribution in [3.63, 3.8) is 0 Å². The van der Waals surface area contributed by atoms with E-state index >= 15 is 0 Å². The average Bonchev–Trinajstić information content (AvgIpc) is 2.73. The van der Waals surface area contributed by atoms with Crippen molar-refractivity contribution in [2.45, 2.75) is 58.4 Å². The van der Waals surface area contributed by atoms with Crippen LogP contribution < -0.4 is 5.32 Å². The van der Waals surface area contributed by atoms with Crippen LogP contribution in [0.15, 0.2) is 53.4 Å². The van der Waals surface area contributed by atoms with Crippen LogP contribution in [0.1, 0.15) is 50.3 Å². The predicted molar refractivity (Wildman–Crippen MR) is 124 cm³/mol. The lowest BCUT2D eigenvalue weighted by Crippen LogP contribution is -2.48. The maximum atomic E-state index is 13.1. The standard InChI is InChI=1S/C25H34N2O3S/c1-19(2)17-21-9-11-23(12-10-21)31(29,30)27-15-13-25(4,14-16-27)24(28)26-18-22-7-5-20(3)6-8-22/h5-12,19H,13-18H2,1-4H3,(H,26,28). The van der Waals surface area contributed by atoms with Crippen LogP contribution >= 0.6 is 0 Å². The number of carbonyl (C=O) groups is 1. The number of amides is 1. The monoisotopic (exact) mass is 442 g/mol. The Kier molecular flexibility index (Phi) is 7.22. The SMILES string of the molecule is Cc1ccc(CNC(=O)C2(C)CCN(S(=O)(=O)c3ccc(CC(C)C)cc3)CC2)cc1. The molecule has 0 aromatic heterocycles. The molecule has 0 spiro atoms. The summed E-state index contributed by atoms with van der Waals surface area (Å²) < 4.78 is 27.6. The van der Waals surface area contributed by atoms with Crippen LogP contribution in [0.4, 0.5) is 0 Å². The molecule has 1 N–H and O–H groups in total. The second-order valence-electron chi connectivity index (χ2n) is 9.37. The number of benzene rings is 2. The van der Waals surface area contributed by atoms with E-state index < -0.39 is 15.4 Å². The van der Waals surface area contributed by atoms with Crippen molar-refractivity contribution in [1.29, 1.82) is 0 Å². The van der Waals surface area contributed by atoms with Gasteiger partial charge in [-0.15, -0.1) is 0 Å². The summed E-state index contributed by atoms with van der Waals surface area (Å²) in [6.45, 7) is 9.44. The molecule has 1 aliphatic rings. The zero-order valence-corrected chi connectivity index (χ0v) is 19.8. The molecule has 1 saturated heterocycles. The van der Waals surface area contributed by atoms with Crippen molar-refractivity contribution in [3.8, 4) is 0 Å². The summed E-state index contributed by atoms with van der Waals surface area (Å²) >= 11 is 0. The van der Waals surface area contributed by atoms with Gasteiger partial charge in [0.05, 0.1) is 4.90 Å². The Balaban J connectivity index is 1.59. The van der Waals surface area contributed by atoms with Gasteiger partial charge in [0.25, 0.3) is 0 Å². The van der Waals surface area contributed by atoms with Crippen LogP contribution in [0.3, 0.4) is 0 Å². The Labute approximate surface area is 186 Å². The summed E-state index contributed by atoms with van der Waals surface area (Å²) in [7, 11) is -3.54. The Morgan fingerprint density at radius 2 is 1.55 bits per heavy atom. The number of nitrogens with one attached hydrogen (secondary N) is 1. The van der Waals surface area contributed by atoms with E-state index in [0.29, 0.717) is 43.3 Å². The summed E-state index contributed by atoms with van der Waals surface area (Å²) in [6, 6.07) is 15.3. The molecule has 1 amide bonds. The molecule has 0 aliphatic carbocycles. The predicted octanol–water partition coefficient (Wildman–Crippen LogP) is 4.30. The van der Waals surface area contributed by atoms with Gasteiger partial charge in [-0.3, -0.25) is 4.79 Å². The normalized spacial score (nSPS) is 16.9. The lowest BCUT2D eigenvalue weighted by atomic mass is 9.80. The van der Waals surface area contributed by atoms with Crippen molar-refractivity contribution < 1.29 is 13.2 Å². The molecule has 2 aromatic carbocycles. The van der Waals surface area contributed by atoms with Crippen LogP contribution in [0, 0.1) is 18.3 Å². The first kappa shape index (κ1) is 23.5. The first-order valence-electron chi connectivity index (χ1n) is 11.0. The molecule has 1 heterocycles. The van der Waals surface area contributed by atoms with Gasteiger partial charge in [0.1, 0.15) is 0 Å². The molecule has 0 bridgehead atoms. The number of sulfonamides is 1. The summed E-state index contributed by atoms with van der Waals surface area (Å²) in [5, 5.41) is 3.03. The topological polar surface area (TPSA) is 66.5 Å². The molecular formula is C25H34N2O3S. The summed E-state index contributed by atoms with van der Waals surface area (Å²) in [5.74, 6) is 0.516. The fraction of sp³-hybridized carbons (Fsp3) is 0.480. The molecule has 31 heavy (non-hydrogen) atoms. The second-order valence-corrected chi connectivity index (χ2v) is 11.3. The maximum absolute atomic E-state index is 13.1. The molecule has 0 radical (unpaired) electrons. The van der Waals surface area contributed by atoms with Gasteiger partial charge in [-0.25, -0.2) is 8.42 Å². The highest BCUT2D eigenvalue weighted by Gasteiger charge is 2.40. The first-order chi connectivity index (χ1) is 14.6. The number of aryl methyl sites for hydroxylation is 1. The van der Waals surface area contributed by atoms with Crippen molar-refractivity contribution in [3.05, 3.63) is 65.2 Å². The van der Waals surface area contributed by atoms with Gasteiger partial charge in [0.2, 0.25) is 15.9 Å². The van der Waals surface area contributed by atoms with E-state index in [2.05, 4.69) is 19.2 Å². The smallest absolute Gasteiger partial charge is 0.243 e. The van der Waals surface area contributed by atoms with Crippen molar-refractivity contribution in [1.82, 2.24) is 9.62 Å². The molecular weight excluding hydrogens is 408 g/mol. The third-order valence-electron chi connectivity index (χ3n) is 6.15. The van der Waals surface area contributed by atoms with Crippen LogP contribution in [0.5, 0.6) is 0 Å². The lowest BCUT2D eigenvalue weighted by molar-refractivity contribution is -0.132. The third kappa shape index (κ3) is 5.74. The number of hydrogen-bond donors (Lipinski definition) is 1. The summed E-state index contributed by atoms with van der Waals surface area (Å²) in [6.07, 6.45) is 1.95. The summed E-state index contributed by atoms with van der Waals surface area (Å²) in [4.78, 5) is 13.2. The molecule has 1 fully saturated rings. The van der Waals surface area contributed by atoms with E-state index in [1.807, 2.05) is 50.2 Å². The van der Waals surface area contributed by atoms with Crippen LogP contribution in [0.2, 0.25) is 0 Å². The van der Waals surface area contributed by atoms with Gasteiger partial charge < -0.3 is 5.32 Å². The fourth-order valence-corrected chi connectivity index (χ4v) is 5.41. The number of hydrogen-bond acceptors (Lipinski definition) is 3. The van der Waals surface area contributed by atoms with Gasteiger partial charge >= 0.3 is 0 Å². The fourth-order valence-electron chi connectivity index (χ4n) is 3.97. The quantitative estimate of drug-likeness (QED) is 0.695. The Morgan fingerprint density at radius 3 is 2.10 bits per heavy atom. The minimum Gasteiger partial charge on any atom is -0.352 e. The van der Waals surface area contributed by atoms with Gasteiger partial charge in [0.15, 0.2) is 0 Å². The van der Waals surface area contributed by atoms with E-state index in [1.54, 1.807) is 12.1 Å². The van der Waals surface area contributed by atoms with E-state index in [0.717, 1.165) is 17.5 Å². The molecule has 168 valence electrons. The molecule has 2 aromatic rings. The Morgan fingerprint density at radius 1 is 1.00 bits per heavy atom. The minimum atomic E-state index is -3.54. The number of carbonyl (C=O) groups excluding carboxylic acids is 1. The molecule has 0 saturated carbocycles. The van der Waals surface area contributed by atoms with Crippen LogP contribution in [0.25, 0.3) is 0 Å². The number of rotatable bonds is 7. The second kappa shape index (κ2) is 9.53. The van der Waals surface area contributed by atoms with Gasteiger partial charge in [-0.1, -0.05) is 62.7 Å². The number of piperidine rings is 1. The van der Waals surface area contributed by atoms with E-state index in [4.69, 9.17) is 0 Å². The van der Waals surface area contributed by atoms with Crippen molar-refractivity contribution in [2.75, 3.05) is 13.1 Å². The first-order valence-corrected chi connectivity index (χ1v) is 12.5. The van der Waals surface area contributed by atoms with E-state index in [9.17, 15) is 13.2 Å². The van der Waals surface area contributed by atoms with Gasteiger partial charge in [0, 0.05) is 25.0 Å². The molecule has 0 atom stereocenters.